The Morgan fingerprint density at radius 1 is 0.886 bits per heavy atom. The molecule has 2 amide bonds. The van der Waals surface area contributed by atoms with Crippen molar-refractivity contribution in [2.24, 2.45) is 0 Å². The number of benzene rings is 3. The SMILES string of the molecule is Cc1ccccc1Cn1cccc1CN(Cc1ccccc1)C(=O)Nc1cccc(C(F)(F)F)c1. The summed E-state index contributed by atoms with van der Waals surface area (Å²) in [4.78, 5) is 14.8. The van der Waals surface area contributed by atoms with E-state index in [1.807, 2.05) is 60.8 Å². The minimum absolute atomic E-state index is 0.0955. The molecular formula is C28H26F3N3O. The van der Waals surface area contributed by atoms with Crippen molar-refractivity contribution in [2.45, 2.75) is 32.7 Å². The second-order valence-electron chi connectivity index (χ2n) is 8.40. The Balaban J connectivity index is 1.57. The molecule has 0 spiro atoms. The van der Waals surface area contributed by atoms with Crippen molar-refractivity contribution in [2.75, 3.05) is 5.32 Å². The second kappa shape index (κ2) is 10.5. The number of rotatable bonds is 7. The number of halogens is 3. The molecule has 4 rings (SSSR count). The zero-order valence-electron chi connectivity index (χ0n) is 19.3. The van der Waals surface area contributed by atoms with Crippen LogP contribution in [0.4, 0.5) is 23.7 Å². The van der Waals surface area contributed by atoms with E-state index in [-0.39, 0.29) is 5.69 Å². The summed E-state index contributed by atoms with van der Waals surface area (Å²) in [7, 11) is 0. The number of carbonyl (C=O) groups excluding carboxylic acids is 1. The monoisotopic (exact) mass is 477 g/mol. The van der Waals surface area contributed by atoms with Crippen molar-refractivity contribution >= 4 is 11.7 Å². The molecule has 0 unspecified atom stereocenters. The van der Waals surface area contributed by atoms with Gasteiger partial charge in [0.2, 0.25) is 0 Å². The predicted molar refractivity (Wildman–Crippen MR) is 131 cm³/mol. The third-order valence-corrected chi connectivity index (χ3v) is 5.82. The summed E-state index contributed by atoms with van der Waals surface area (Å²) in [5.41, 5.74) is 3.48. The largest absolute Gasteiger partial charge is 0.416 e. The van der Waals surface area contributed by atoms with Gasteiger partial charge in [0, 0.05) is 30.7 Å². The zero-order valence-corrected chi connectivity index (χ0v) is 19.3. The number of alkyl halides is 3. The van der Waals surface area contributed by atoms with E-state index in [9.17, 15) is 18.0 Å². The van der Waals surface area contributed by atoms with Gasteiger partial charge < -0.3 is 14.8 Å². The van der Waals surface area contributed by atoms with Crippen LogP contribution >= 0.6 is 0 Å². The highest BCUT2D eigenvalue weighted by Gasteiger charge is 2.30. The molecule has 0 atom stereocenters. The van der Waals surface area contributed by atoms with E-state index in [1.165, 1.54) is 23.3 Å². The highest BCUT2D eigenvalue weighted by molar-refractivity contribution is 5.89. The Morgan fingerprint density at radius 2 is 1.63 bits per heavy atom. The Morgan fingerprint density at radius 3 is 2.37 bits per heavy atom. The molecular weight excluding hydrogens is 451 g/mol. The van der Waals surface area contributed by atoms with E-state index in [2.05, 4.69) is 28.9 Å². The fourth-order valence-electron chi connectivity index (χ4n) is 3.89. The first-order chi connectivity index (χ1) is 16.8. The average molecular weight is 478 g/mol. The first kappa shape index (κ1) is 24.1. The van der Waals surface area contributed by atoms with Crippen molar-refractivity contribution in [1.29, 1.82) is 0 Å². The van der Waals surface area contributed by atoms with E-state index < -0.39 is 17.8 Å². The molecule has 0 aliphatic heterocycles. The Hall–Kier alpha value is -4.00. The number of amides is 2. The number of anilines is 1. The number of nitrogens with zero attached hydrogens (tertiary/aromatic N) is 2. The molecule has 4 aromatic rings. The molecule has 4 nitrogen and oxygen atoms in total. The number of carbonyl (C=O) groups is 1. The molecule has 0 aliphatic rings. The van der Waals surface area contributed by atoms with Crippen LogP contribution in [-0.2, 0) is 25.8 Å². The molecule has 0 radical (unpaired) electrons. The van der Waals surface area contributed by atoms with E-state index in [1.54, 1.807) is 4.90 Å². The highest BCUT2D eigenvalue weighted by atomic mass is 19.4. The Bertz CT molecular complexity index is 1280. The maximum Gasteiger partial charge on any atom is 0.416 e. The number of hydrogen-bond donors (Lipinski definition) is 1. The zero-order chi connectivity index (χ0) is 24.8. The lowest BCUT2D eigenvalue weighted by molar-refractivity contribution is -0.137. The molecule has 0 bridgehead atoms. The van der Waals surface area contributed by atoms with E-state index in [0.717, 1.165) is 23.4 Å². The standard InChI is InChI=1S/C28H26F3N3O/c1-21-9-5-6-12-23(21)19-33-16-8-15-26(33)20-34(18-22-10-3-2-4-11-22)27(35)32-25-14-7-13-24(17-25)28(29,30)31/h2-17H,18-20H2,1H3,(H,32,35). The molecule has 0 saturated carbocycles. The van der Waals surface area contributed by atoms with Gasteiger partial charge in [-0.15, -0.1) is 0 Å². The summed E-state index contributed by atoms with van der Waals surface area (Å²) in [5.74, 6) is 0. The molecule has 1 aromatic heterocycles. The average Bonchev–Trinajstić information content (AvgIpc) is 3.27. The highest BCUT2D eigenvalue weighted by Crippen LogP contribution is 2.30. The van der Waals surface area contributed by atoms with Crippen molar-refractivity contribution in [3.8, 4) is 0 Å². The quantitative estimate of drug-likeness (QED) is 0.303. The number of urea groups is 1. The number of nitrogens with one attached hydrogen (secondary N) is 1. The van der Waals surface area contributed by atoms with Crippen LogP contribution < -0.4 is 5.32 Å². The molecule has 0 fully saturated rings. The van der Waals surface area contributed by atoms with Gasteiger partial charge >= 0.3 is 12.2 Å². The smallest absolute Gasteiger partial charge is 0.345 e. The normalized spacial score (nSPS) is 11.3. The third-order valence-electron chi connectivity index (χ3n) is 5.82. The third kappa shape index (κ3) is 6.32. The molecule has 180 valence electrons. The summed E-state index contributed by atoms with van der Waals surface area (Å²) < 4.78 is 41.5. The fraction of sp³-hybridized carbons (Fsp3) is 0.179. The molecule has 1 N–H and O–H groups in total. The minimum atomic E-state index is -4.49. The van der Waals surface area contributed by atoms with E-state index >= 15 is 0 Å². The lowest BCUT2D eigenvalue weighted by Gasteiger charge is -2.24. The summed E-state index contributed by atoms with van der Waals surface area (Å²) in [5, 5.41) is 2.64. The first-order valence-electron chi connectivity index (χ1n) is 11.3. The fourth-order valence-corrected chi connectivity index (χ4v) is 3.89. The topological polar surface area (TPSA) is 37.3 Å². The van der Waals surface area contributed by atoms with Gasteiger partial charge in [-0.25, -0.2) is 4.79 Å². The molecule has 0 saturated heterocycles. The lowest BCUT2D eigenvalue weighted by Crippen LogP contribution is -2.34. The molecule has 1 heterocycles. The van der Waals surface area contributed by atoms with E-state index in [4.69, 9.17) is 0 Å². The van der Waals surface area contributed by atoms with Gasteiger partial charge in [0.1, 0.15) is 0 Å². The number of aryl methyl sites for hydroxylation is 1. The summed E-state index contributed by atoms with van der Waals surface area (Å²) in [6, 6.07) is 25.7. The maximum absolute atomic E-state index is 13.3. The van der Waals surface area contributed by atoms with Crippen LogP contribution in [0, 0.1) is 6.92 Å². The van der Waals surface area contributed by atoms with Gasteiger partial charge in [-0.05, 0) is 53.9 Å². The molecule has 0 aliphatic carbocycles. The van der Waals surface area contributed by atoms with Crippen LogP contribution in [0.5, 0.6) is 0 Å². The van der Waals surface area contributed by atoms with Crippen LogP contribution in [0.3, 0.4) is 0 Å². The Kier molecular flexibility index (Phi) is 7.25. The molecule has 3 aromatic carbocycles. The van der Waals surface area contributed by atoms with Gasteiger partial charge in [0.15, 0.2) is 0 Å². The van der Waals surface area contributed by atoms with Gasteiger partial charge in [-0.1, -0.05) is 60.7 Å². The van der Waals surface area contributed by atoms with Crippen molar-refractivity contribution < 1.29 is 18.0 Å². The summed E-state index contributed by atoms with van der Waals surface area (Å²) in [6.45, 7) is 3.31. The van der Waals surface area contributed by atoms with Crippen LogP contribution in [0.15, 0.2) is 97.2 Å². The Labute approximate surface area is 202 Å². The van der Waals surface area contributed by atoms with Crippen molar-refractivity contribution in [1.82, 2.24) is 9.47 Å². The maximum atomic E-state index is 13.3. The summed E-state index contributed by atoms with van der Waals surface area (Å²) >= 11 is 0. The second-order valence-corrected chi connectivity index (χ2v) is 8.40. The minimum Gasteiger partial charge on any atom is -0.345 e. The lowest BCUT2D eigenvalue weighted by atomic mass is 10.1. The van der Waals surface area contributed by atoms with Crippen LogP contribution in [0.25, 0.3) is 0 Å². The van der Waals surface area contributed by atoms with E-state index in [0.29, 0.717) is 19.6 Å². The number of aromatic nitrogens is 1. The predicted octanol–water partition coefficient (Wildman–Crippen LogP) is 7.10. The first-order valence-corrected chi connectivity index (χ1v) is 11.3. The van der Waals surface area contributed by atoms with Crippen molar-refractivity contribution in [3.63, 3.8) is 0 Å². The van der Waals surface area contributed by atoms with Gasteiger partial charge in [-0.3, -0.25) is 0 Å². The molecule has 35 heavy (non-hydrogen) atoms. The van der Waals surface area contributed by atoms with Crippen molar-refractivity contribution in [3.05, 3.63) is 125 Å². The van der Waals surface area contributed by atoms with Gasteiger partial charge in [0.05, 0.1) is 12.1 Å². The van der Waals surface area contributed by atoms with Crippen LogP contribution in [-0.4, -0.2) is 15.5 Å². The molecule has 7 heteroatoms. The van der Waals surface area contributed by atoms with Crippen LogP contribution in [0.1, 0.15) is 27.9 Å². The van der Waals surface area contributed by atoms with Crippen LogP contribution in [0.2, 0.25) is 0 Å². The van der Waals surface area contributed by atoms with Gasteiger partial charge in [0.25, 0.3) is 0 Å². The number of hydrogen-bond acceptors (Lipinski definition) is 1. The summed E-state index contributed by atoms with van der Waals surface area (Å²) in [6.07, 6.45) is -2.52. The van der Waals surface area contributed by atoms with Gasteiger partial charge in [-0.2, -0.15) is 13.2 Å².